The fraction of sp³-hybridized carbons (Fsp3) is 0.353. The number of hydrogen-bond donors (Lipinski definition) is 1. The van der Waals surface area contributed by atoms with Crippen molar-refractivity contribution in [3.05, 3.63) is 46.4 Å². The van der Waals surface area contributed by atoms with Gasteiger partial charge in [-0.2, -0.15) is 0 Å². The fourth-order valence-corrected chi connectivity index (χ4v) is 2.29. The first-order valence-electron chi connectivity index (χ1n) is 6.94. The molecule has 3 nitrogen and oxygen atoms in total. The first-order valence-corrected chi connectivity index (χ1v) is 7.74. The molecule has 4 heteroatoms. The van der Waals surface area contributed by atoms with Crippen molar-refractivity contribution in [3.8, 4) is 0 Å². The van der Waals surface area contributed by atoms with Crippen LogP contribution in [0.5, 0.6) is 0 Å². The van der Waals surface area contributed by atoms with Gasteiger partial charge in [0.1, 0.15) is 0 Å². The van der Waals surface area contributed by atoms with Crippen LogP contribution in [0.3, 0.4) is 0 Å². The van der Waals surface area contributed by atoms with Crippen molar-refractivity contribution < 1.29 is 4.79 Å². The Bertz CT molecular complexity index is 665. The minimum absolute atomic E-state index is 0.0326. The lowest BCUT2D eigenvalue weighted by molar-refractivity contribution is 0.0920. The highest BCUT2D eigenvalue weighted by atomic mass is 79.9. The molecule has 2 rings (SSSR count). The number of nitrogens with one attached hydrogen (secondary N) is 1. The van der Waals surface area contributed by atoms with Gasteiger partial charge in [0.2, 0.25) is 0 Å². The number of fused-ring (bicyclic) bond motifs is 1. The van der Waals surface area contributed by atoms with Crippen molar-refractivity contribution in [1.29, 1.82) is 0 Å². The summed E-state index contributed by atoms with van der Waals surface area (Å²) < 4.78 is 1.04. The second-order valence-electron chi connectivity index (χ2n) is 6.10. The molecule has 0 bridgehead atoms. The molecule has 2 aromatic rings. The van der Waals surface area contributed by atoms with Gasteiger partial charge in [0.25, 0.3) is 5.91 Å². The van der Waals surface area contributed by atoms with E-state index in [1.165, 1.54) is 0 Å². The zero-order chi connectivity index (χ0) is 15.6. The third-order valence-electron chi connectivity index (χ3n) is 3.96. The van der Waals surface area contributed by atoms with Crippen molar-refractivity contribution in [2.75, 3.05) is 20.6 Å². The van der Waals surface area contributed by atoms with Gasteiger partial charge in [-0.25, -0.2) is 0 Å². The molecule has 0 atom stereocenters. The normalized spacial score (nSPS) is 11.9. The second kappa shape index (κ2) is 6.16. The first kappa shape index (κ1) is 16.0. The van der Waals surface area contributed by atoms with E-state index in [2.05, 4.69) is 40.0 Å². The van der Waals surface area contributed by atoms with Crippen LogP contribution in [0.25, 0.3) is 10.8 Å². The Morgan fingerprint density at radius 1 is 1.14 bits per heavy atom. The number of amides is 1. The number of carbonyl (C=O) groups excluding carboxylic acids is 1. The zero-order valence-electron chi connectivity index (χ0n) is 12.9. The van der Waals surface area contributed by atoms with Crippen molar-refractivity contribution in [2.24, 2.45) is 0 Å². The number of carbonyl (C=O) groups is 1. The first-order chi connectivity index (χ1) is 9.79. The number of rotatable bonds is 4. The maximum atomic E-state index is 12.3. The van der Waals surface area contributed by atoms with Gasteiger partial charge in [-0.3, -0.25) is 4.79 Å². The zero-order valence-corrected chi connectivity index (χ0v) is 14.5. The van der Waals surface area contributed by atoms with Crippen molar-refractivity contribution >= 4 is 32.6 Å². The van der Waals surface area contributed by atoms with Gasteiger partial charge in [0, 0.05) is 22.1 Å². The van der Waals surface area contributed by atoms with E-state index in [4.69, 9.17) is 0 Å². The number of hydrogen-bond acceptors (Lipinski definition) is 2. The van der Waals surface area contributed by atoms with Crippen LogP contribution in [0, 0.1) is 0 Å². The smallest absolute Gasteiger partial charge is 0.251 e. The Hall–Kier alpha value is -1.39. The predicted octanol–water partition coefficient (Wildman–Crippen LogP) is 3.67. The quantitative estimate of drug-likeness (QED) is 0.913. The van der Waals surface area contributed by atoms with Gasteiger partial charge in [-0.15, -0.1) is 0 Å². The van der Waals surface area contributed by atoms with Crippen LogP contribution in [0.15, 0.2) is 40.9 Å². The van der Waals surface area contributed by atoms with E-state index in [1.807, 2.05) is 50.5 Å². The van der Waals surface area contributed by atoms with E-state index in [-0.39, 0.29) is 11.4 Å². The molecule has 0 radical (unpaired) electrons. The lowest BCUT2D eigenvalue weighted by atomic mass is 10.0. The SMILES string of the molecule is CN(C)C(C)(C)CNC(=O)c1ccc2cc(Br)ccc2c1. The molecule has 0 unspecified atom stereocenters. The maximum absolute atomic E-state index is 12.3. The molecule has 0 aliphatic rings. The third kappa shape index (κ3) is 3.83. The van der Waals surface area contributed by atoms with Crippen LogP contribution < -0.4 is 5.32 Å². The van der Waals surface area contributed by atoms with Crippen molar-refractivity contribution in [3.63, 3.8) is 0 Å². The summed E-state index contributed by atoms with van der Waals surface area (Å²) in [7, 11) is 4.03. The lowest BCUT2D eigenvalue weighted by Gasteiger charge is -2.32. The fourth-order valence-electron chi connectivity index (χ4n) is 1.91. The molecule has 21 heavy (non-hydrogen) atoms. The molecule has 0 spiro atoms. The number of benzene rings is 2. The molecular weight excluding hydrogens is 328 g/mol. The van der Waals surface area contributed by atoms with Gasteiger partial charge in [-0.05, 0) is 63.0 Å². The van der Waals surface area contributed by atoms with Gasteiger partial charge >= 0.3 is 0 Å². The minimum atomic E-state index is -0.0721. The molecule has 0 aliphatic heterocycles. The molecule has 1 N–H and O–H groups in total. The summed E-state index contributed by atoms with van der Waals surface area (Å²) in [6.07, 6.45) is 0. The van der Waals surface area contributed by atoms with E-state index in [0.29, 0.717) is 12.1 Å². The topological polar surface area (TPSA) is 32.3 Å². The van der Waals surface area contributed by atoms with Crippen LogP contribution in [-0.4, -0.2) is 37.0 Å². The van der Waals surface area contributed by atoms with E-state index in [9.17, 15) is 4.79 Å². The summed E-state index contributed by atoms with van der Waals surface area (Å²) in [5.41, 5.74) is 0.622. The highest BCUT2D eigenvalue weighted by Gasteiger charge is 2.21. The number of likely N-dealkylation sites (N-methyl/N-ethyl adjacent to an activating group) is 1. The Balaban J connectivity index is 2.15. The van der Waals surface area contributed by atoms with E-state index >= 15 is 0 Å². The Labute approximate surface area is 134 Å². The molecule has 0 fully saturated rings. The molecule has 0 saturated heterocycles. The van der Waals surface area contributed by atoms with Crippen molar-refractivity contribution in [1.82, 2.24) is 10.2 Å². The summed E-state index contributed by atoms with van der Waals surface area (Å²) >= 11 is 3.46. The van der Waals surface area contributed by atoms with Crippen LogP contribution in [0.4, 0.5) is 0 Å². The number of halogens is 1. The maximum Gasteiger partial charge on any atom is 0.251 e. The Morgan fingerprint density at radius 3 is 2.43 bits per heavy atom. The predicted molar refractivity (Wildman–Crippen MR) is 91.7 cm³/mol. The lowest BCUT2D eigenvalue weighted by Crippen LogP contribution is -2.48. The summed E-state index contributed by atoms with van der Waals surface area (Å²) in [5, 5.41) is 5.19. The van der Waals surface area contributed by atoms with Gasteiger partial charge < -0.3 is 10.2 Å². The number of nitrogens with zero attached hydrogens (tertiary/aromatic N) is 1. The summed E-state index contributed by atoms with van der Waals surface area (Å²) in [5.74, 6) is -0.0326. The molecule has 112 valence electrons. The Morgan fingerprint density at radius 2 is 1.76 bits per heavy atom. The molecule has 1 amide bonds. The van der Waals surface area contributed by atoms with E-state index in [0.717, 1.165) is 15.2 Å². The molecule has 0 aliphatic carbocycles. The average Bonchev–Trinajstić information content (AvgIpc) is 2.44. The largest absolute Gasteiger partial charge is 0.350 e. The average molecular weight is 349 g/mol. The summed E-state index contributed by atoms with van der Waals surface area (Å²) in [6.45, 7) is 4.81. The highest BCUT2D eigenvalue weighted by molar-refractivity contribution is 9.10. The van der Waals surface area contributed by atoms with E-state index in [1.54, 1.807) is 0 Å². The molecular formula is C17H21BrN2O. The molecule has 0 aromatic heterocycles. The summed E-state index contributed by atoms with van der Waals surface area (Å²) in [6, 6.07) is 11.8. The van der Waals surface area contributed by atoms with Gasteiger partial charge in [0.15, 0.2) is 0 Å². The van der Waals surface area contributed by atoms with Gasteiger partial charge in [0.05, 0.1) is 0 Å². The van der Waals surface area contributed by atoms with Crippen LogP contribution in [-0.2, 0) is 0 Å². The standard InChI is InChI=1S/C17H21BrN2O/c1-17(2,20(3)4)11-19-16(21)14-6-5-13-10-15(18)8-7-12(13)9-14/h5-10H,11H2,1-4H3,(H,19,21). The highest BCUT2D eigenvalue weighted by Crippen LogP contribution is 2.21. The molecule has 0 heterocycles. The van der Waals surface area contributed by atoms with Crippen LogP contribution in [0.2, 0.25) is 0 Å². The Kier molecular flexibility index (Phi) is 4.69. The molecule has 0 saturated carbocycles. The minimum Gasteiger partial charge on any atom is -0.350 e. The summed E-state index contributed by atoms with van der Waals surface area (Å²) in [4.78, 5) is 14.4. The van der Waals surface area contributed by atoms with Gasteiger partial charge in [-0.1, -0.05) is 28.1 Å². The monoisotopic (exact) mass is 348 g/mol. The molecule has 2 aromatic carbocycles. The van der Waals surface area contributed by atoms with Crippen molar-refractivity contribution in [2.45, 2.75) is 19.4 Å². The third-order valence-corrected chi connectivity index (χ3v) is 4.45. The van der Waals surface area contributed by atoms with E-state index < -0.39 is 0 Å². The van der Waals surface area contributed by atoms with Crippen LogP contribution in [0.1, 0.15) is 24.2 Å². The van der Waals surface area contributed by atoms with Crippen LogP contribution >= 0.6 is 15.9 Å². The second-order valence-corrected chi connectivity index (χ2v) is 7.01.